The van der Waals surface area contributed by atoms with Gasteiger partial charge in [0.25, 0.3) is 0 Å². The second-order valence-corrected chi connectivity index (χ2v) is 4.73. The van der Waals surface area contributed by atoms with Crippen molar-refractivity contribution in [2.75, 3.05) is 18.5 Å². The Morgan fingerprint density at radius 3 is 2.33 bits per heavy atom. The van der Waals surface area contributed by atoms with Gasteiger partial charge in [0, 0.05) is 12.2 Å². The second-order valence-electron chi connectivity index (χ2n) is 4.73. The minimum absolute atomic E-state index is 0.537. The molecule has 5 heteroatoms. The summed E-state index contributed by atoms with van der Waals surface area (Å²) in [5.74, 6) is -0.508. The van der Waals surface area contributed by atoms with Crippen molar-refractivity contribution in [3.05, 3.63) is 24.3 Å². The van der Waals surface area contributed by atoms with E-state index in [1.807, 2.05) is 6.92 Å². The Hall–Kier alpha value is -2.04. The molecule has 21 heavy (non-hydrogen) atoms. The summed E-state index contributed by atoms with van der Waals surface area (Å²) in [6, 6.07) is 6.92. The number of hydrogen-bond acceptors (Lipinski definition) is 3. The molecule has 2 amide bonds. The molecule has 1 rings (SSSR count). The smallest absolute Gasteiger partial charge is 0.313 e. The van der Waals surface area contributed by atoms with E-state index < -0.39 is 11.8 Å². The number of hydrogen-bond donors (Lipinski definition) is 2. The standard InChI is InChI=1S/C16H24N2O3/c1-3-5-6-7-12-17-15(19)16(20)18-13-8-10-14(11-9-13)21-4-2/h8-11H,3-7,12H2,1-2H3,(H,17,19)(H,18,20). The van der Waals surface area contributed by atoms with Gasteiger partial charge in [0.2, 0.25) is 0 Å². The maximum atomic E-state index is 11.7. The molecular formula is C16H24N2O3. The number of carbonyl (C=O) groups is 2. The van der Waals surface area contributed by atoms with E-state index in [-0.39, 0.29) is 0 Å². The number of amides is 2. The number of nitrogens with one attached hydrogen (secondary N) is 2. The molecule has 5 nitrogen and oxygen atoms in total. The van der Waals surface area contributed by atoms with Gasteiger partial charge in [-0.3, -0.25) is 9.59 Å². The predicted molar refractivity (Wildman–Crippen MR) is 83.4 cm³/mol. The maximum absolute atomic E-state index is 11.7. The third kappa shape index (κ3) is 6.79. The molecule has 0 radical (unpaired) electrons. The van der Waals surface area contributed by atoms with Crippen LogP contribution in [0, 0.1) is 0 Å². The fourth-order valence-electron chi connectivity index (χ4n) is 1.82. The average Bonchev–Trinajstić information content (AvgIpc) is 2.49. The molecule has 0 heterocycles. The lowest BCUT2D eigenvalue weighted by molar-refractivity contribution is -0.136. The van der Waals surface area contributed by atoms with Crippen molar-refractivity contribution < 1.29 is 14.3 Å². The van der Waals surface area contributed by atoms with E-state index in [0.717, 1.165) is 31.4 Å². The van der Waals surface area contributed by atoms with E-state index in [1.165, 1.54) is 0 Å². The van der Waals surface area contributed by atoms with Crippen molar-refractivity contribution in [1.29, 1.82) is 0 Å². The van der Waals surface area contributed by atoms with E-state index in [4.69, 9.17) is 4.74 Å². The zero-order valence-corrected chi connectivity index (χ0v) is 12.8. The highest BCUT2D eigenvalue weighted by atomic mass is 16.5. The summed E-state index contributed by atoms with van der Waals surface area (Å²) in [5, 5.41) is 5.17. The molecule has 0 fully saturated rings. The van der Waals surface area contributed by atoms with Crippen LogP contribution in [-0.4, -0.2) is 25.0 Å². The van der Waals surface area contributed by atoms with Crippen LogP contribution >= 0.6 is 0 Å². The molecule has 0 aliphatic carbocycles. The van der Waals surface area contributed by atoms with Crippen LogP contribution in [0.5, 0.6) is 5.75 Å². The van der Waals surface area contributed by atoms with Gasteiger partial charge < -0.3 is 15.4 Å². The van der Waals surface area contributed by atoms with E-state index in [2.05, 4.69) is 17.6 Å². The van der Waals surface area contributed by atoms with Crippen LogP contribution in [0.3, 0.4) is 0 Å². The molecule has 0 unspecified atom stereocenters. The van der Waals surface area contributed by atoms with Crippen LogP contribution in [0.2, 0.25) is 0 Å². The summed E-state index contributed by atoms with van der Waals surface area (Å²) in [5.41, 5.74) is 0.574. The average molecular weight is 292 g/mol. The van der Waals surface area contributed by atoms with E-state index in [1.54, 1.807) is 24.3 Å². The first-order valence-electron chi connectivity index (χ1n) is 7.49. The molecule has 0 saturated heterocycles. The maximum Gasteiger partial charge on any atom is 0.313 e. The molecule has 0 bridgehead atoms. The van der Waals surface area contributed by atoms with Gasteiger partial charge >= 0.3 is 11.8 Å². The van der Waals surface area contributed by atoms with Crippen molar-refractivity contribution in [1.82, 2.24) is 5.32 Å². The van der Waals surface area contributed by atoms with E-state index >= 15 is 0 Å². The Bertz CT molecular complexity index is 443. The van der Waals surface area contributed by atoms with Crippen molar-refractivity contribution in [2.24, 2.45) is 0 Å². The van der Waals surface area contributed by atoms with Gasteiger partial charge in [-0.25, -0.2) is 0 Å². The monoisotopic (exact) mass is 292 g/mol. The number of carbonyl (C=O) groups excluding carboxylic acids is 2. The quantitative estimate of drug-likeness (QED) is 0.572. The van der Waals surface area contributed by atoms with E-state index in [9.17, 15) is 9.59 Å². The van der Waals surface area contributed by atoms with Gasteiger partial charge in [0.05, 0.1) is 6.61 Å². The van der Waals surface area contributed by atoms with Crippen LogP contribution in [0.25, 0.3) is 0 Å². The highest BCUT2D eigenvalue weighted by molar-refractivity contribution is 6.39. The highest BCUT2D eigenvalue weighted by Gasteiger charge is 2.12. The van der Waals surface area contributed by atoms with Gasteiger partial charge in [-0.05, 0) is 37.6 Å². The first-order valence-corrected chi connectivity index (χ1v) is 7.49. The number of rotatable bonds is 8. The van der Waals surface area contributed by atoms with Gasteiger partial charge in [0.1, 0.15) is 5.75 Å². The summed E-state index contributed by atoms with van der Waals surface area (Å²) < 4.78 is 5.31. The number of anilines is 1. The normalized spacial score (nSPS) is 10.0. The van der Waals surface area contributed by atoms with Crippen molar-refractivity contribution >= 4 is 17.5 Å². The van der Waals surface area contributed by atoms with Crippen LogP contribution in [0.4, 0.5) is 5.69 Å². The van der Waals surface area contributed by atoms with E-state index in [0.29, 0.717) is 18.8 Å². The Balaban J connectivity index is 2.32. The Labute approximate surface area is 126 Å². The third-order valence-corrected chi connectivity index (χ3v) is 2.95. The van der Waals surface area contributed by atoms with Crippen LogP contribution in [0.1, 0.15) is 39.5 Å². The molecule has 0 aliphatic heterocycles. The largest absolute Gasteiger partial charge is 0.494 e. The molecule has 0 aromatic heterocycles. The minimum atomic E-state index is -0.644. The van der Waals surface area contributed by atoms with Gasteiger partial charge in [0.15, 0.2) is 0 Å². The summed E-state index contributed by atoms with van der Waals surface area (Å²) in [6.45, 7) is 5.16. The van der Waals surface area contributed by atoms with Crippen molar-refractivity contribution in [2.45, 2.75) is 39.5 Å². The first kappa shape index (κ1) is 17.0. The Morgan fingerprint density at radius 1 is 1.00 bits per heavy atom. The van der Waals surface area contributed by atoms with Gasteiger partial charge in [-0.15, -0.1) is 0 Å². The molecule has 0 saturated carbocycles. The fourth-order valence-corrected chi connectivity index (χ4v) is 1.82. The predicted octanol–water partition coefficient (Wildman–Crippen LogP) is 2.72. The zero-order valence-electron chi connectivity index (χ0n) is 12.8. The lowest BCUT2D eigenvalue weighted by atomic mass is 10.2. The van der Waals surface area contributed by atoms with Crippen molar-refractivity contribution in [3.8, 4) is 5.75 Å². The van der Waals surface area contributed by atoms with Gasteiger partial charge in [-0.1, -0.05) is 26.2 Å². The lowest BCUT2D eigenvalue weighted by Crippen LogP contribution is -2.35. The number of unbranched alkanes of at least 4 members (excludes halogenated alkanes) is 3. The Morgan fingerprint density at radius 2 is 1.71 bits per heavy atom. The zero-order chi connectivity index (χ0) is 15.5. The summed E-state index contributed by atoms with van der Waals surface area (Å²) >= 11 is 0. The van der Waals surface area contributed by atoms with Gasteiger partial charge in [-0.2, -0.15) is 0 Å². The van der Waals surface area contributed by atoms with Crippen LogP contribution in [0.15, 0.2) is 24.3 Å². The lowest BCUT2D eigenvalue weighted by Gasteiger charge is -2.07. The van der Waals surface area contributed by atoms with Crippen LogP contribution < -0.4 is 15.4 Å². The Kier molecular flexibility index (Phi) is 7.94. The summed E-state index contributed by atoms with van der Waals surface area (Å²) in [6.07, 6.45) is 4.26. The summed E-state index contributed by atoms with van der Waals surface area (Å²) in [4.78, 5) is 23.3. The topological polar surface area (TPSA) is 67.4 Å². The highest BCUT2D eigenvalue weighted by Crippen LogP contribution is 2.15. The molecule has 116 valence electrons. The third-order valence-electron chi connectivity index (χ3n) is 2.95. The molecule has 0 spiro atoms. The first-order chi connectivity index (χ1) is 10.2. The molecular weight excluding hydrogens is 268 g/mol. The fraction of sp³-hybridized carbons (Fsp3) is 0.500. The molecule has 0 aliphatic rings. The van der Waals surface area contributed by atoms with Crippen molar-refractivity contribution in [3.63, 3.8) is 0 Å². The SMILES string of the molecule is CCCCCCNC(=O)C(=O)Nc1ccc(OCC)cc1. The molecule has 2 N–H and O–H groups in total. The summed E-state index contributed by atoms with van der Waals surface area (Å²) in [7, 11) is 0. The molecule has 1 aromatic carbocycles. The van der Waals surface area contributed by atoms with Crippen LogP contribution in [-0.2, 0) is 9.59 Å². The molecule has 1 aromatic rings. The minimum Gasteiger partial charge on any atom is -0.494 e. The number of ether oxygens (including phenoxy) is 1. The number of benzene rings is 1. The second kappa shape index (κ2) is 9.80. The molecule has 0 atom stereocenters.